The molecule has 1 saturated heterocycles. The van der Waals surface area contributed by atoms with Crippen LogP contribution in [0.4, 0.5) is 0 Å². The van der Waals surface area contributed by atoms with Gasteiger partial charge in [0.2, 0.25) is 0 Å². The SMILES string of the molecule is CC(C)OC(=O)C1CSSCC(C)(C)C(=O)C1. The van der Waals surface area contributed by atoms with Gasteiger partial charge in [0, 0.05) is 23.3 Å². The summed E-state index contributed by atoms with van der Waals surface area (Å²) in [6.45, 7) is 7.54. The average molecular weight is 276 g/mol. The largest absolute Gasteiger partial charge is 0.463 e. The Kier molecular flexibility index (Phi) is 5.38. The summed E-state index contributed by atoms with van der Waals surface area (Å²) in [7, 11) is 3.33. The Labute approximate surface area is 111 Å². The Morgan fingerprint density at radius 1 is 1.41 bits per heavy atom. The van der Waals surface area contributed by atoms with Crippen molar-refractivity contribution in [3.63, 3.8) is 0 Å². The van der Waals surface area contributed by atoms with E-state index in [0.717, 1.165) is 5.75 Å². The molecule has 1 rings (SSSR count). The van der Waals surface area contributed by atoms with E-state index < -0.39 is 0 Å². The summed E-state index contributed by atoms with van der Waals surface area (Å²) < 4.78 is 5.19. The lowest BCUT2D eigenvalue weighted by molar-refractivity contribution is -0.153. The van der Waals surface area contributed by atoms with Crippen LogP contribution in [0.25, 0.3) is 0 Å². The van der Waals surface area contributed by atoms with Gasteiger partial charge in [-0.3, -0.25) is 9.59 Å². The Balaban J connectivity index is 2.67. The number of hydrogen-bond donors (Lipinski definition) is 0. The highest BCUT2D eigenvalue weighted by Crippen LogP contribution is 2.37. The van der Waals surface area contributed by atoms with Gasteiger partial charge in [-0.25, -0.2) is 0 Å². The van der Waals surface area contributed by atoms with E-state index in [4.69, 9.17) is 4.74 Å². The Morgan fingerprint density at radius 3 is 2.65 bits per heavy atom. The fraction of sp³-hybridized carbons (Fsp3) is 0.833. The first-order valence-electron chi connectivity index (χ1n) is 5.81. The number of carbonyl (C=O) groups excluding carboxylic acids is 2. The van der Waals surface area contributed by atoms with Crippen LogP contribution in [-0.2, 0) is 14.3 Å². The molecule has 3 nitrogen and oxygen atoms in total. The monoisotopic (exact) mass is 276 g/mol. The van der Waals surface area contributed by atoms with Gasteiger partial charge >= 0.3 is 5.97 Å². The summed E-state index contributed by atoms with van der Waals surface area (Å²) in [5.41, 5.74) is -0.339. The lowest BCUT2D eigenvalue weighted by atomic mass is 9.85. The van der Waals surface area contributed by atoms with Crippen LogP contribution >= 0.6 is 21.6 Å². The molecular weight excluding hydrogens is 256 g/mol. The van der Waals surface area contributed by atoms with Crippen LogP contribution in [0.15, 0.2) is 0 Å². The fourth-order valence-corrected chi connectivity index (χ4v) is 4.41. The number of rotatable bonds is 2. The van der Waals surface area contributed by atoms with Crippen LogP contribution in [0.1, 0.15) is 34.1 Å². The quantitative estimate of drug-likeness (QED) is 0.573. The zero-order chi connectivity index (χ0) is 13.1. The molecule has 1 fully saturated rings. The van der Waals surface area contributed by atoms with E-state index in [9.17, 15) is 9.59 Å². The van der Waals surface area contributed by atoms with Crippen LogP contribution in [0.3, 0.4) is 0 Å². The number of esters is 1. The highest BCUT2D eigenvalue weighted by molar-refractivity contribution is 8.76. The fourth-order valence-electron chi connectivity index (χ4n) is 1.44. The van der Waals surface area contributed by atoms with E-state index in [1.165, 1.54) is 0 Å². The zero-order valence-electron chi connectivity index (χ0n) is 10.8. The van der Waals surface area contributed by atoms with E-state index in [-0.39, 0.29) is 29.2 Å². The van der Waals surface area contributed by atoms with Crippen molar-refractivity contribution in [3.8, 4) is 0 Å². The van der Waals surface area contributed by atoms with Crippen molar-refractivity contribution >= 4 is 33.3 Å². The standard InChI is InChI=1S/C12H20O3S2/c1-8(2)15-11(14)9-5-10(13)12(3,4)7-17-16-6-9/h8-9H,5-7H2,1-4H3. The van der Waals surface area contributed by atoms with Crippen LogP contribution in [-0.4, -0.2) is 29.4 Å². The predicted molar refractivity (Wildman–Crippen MR) is 73.0 cm³/mol. The Morgan fingerprint density at radius 2 is 2.06 bits per heavy atom. The van der Waals surface area contributed by atoms with Gasteiger partial charge in [0.25, 0.3) is 0 Å². The maximum Gasteiger partial charge on any atom is 0.310 e. The zero-order valence-corrected chi connectivity index (χ0v) is 12.5. The van der Waals surface area contributed by atoms with Crippen molar-refractivity contribution in [2.45, 2.75) is 40.2 Å². The number of ketones is 1. The summed E-state index contributed by atoms with van der Waals surface area (Å²) in [6.07, 6.45) is 0.195. The van der Waals surface area contributed by atoms with E-state index in [1.807, 2.05) is 27.7 Å². The summed E-state index contributed by atoms with van der Waals surface area (Å²) in [6, 6.07) is 0. The molecule has 17 heavy (non-hydrogen) atoms. The van der Waals surface area contributed by atoms with Gasteiger partial charge < -0.3 is 4.74 Å². The summed E-state index contributed by atoms with van der Waals surface area (Å²) in [5, 5.41) is 0. The maximum atomic E-state index is 12.1. The Hall–Kier alpha value is -0.160. The van der Waals surface area contributed by atoms with Crippen molar-refractivity contribution in [3.05, 3.63) is 0 Å². The third-order valence-corrected chi connectivity index (χ3v) is 5.45. The van der Waals surface area contributed by atoms with Gasteiger partial charge in [0.1, 0.15) is 5.78 Å². The minimum absolute atomic E-state index is 0.117. The van der Waals surface area contributed by atoms with Crippen LogP contribution in [0.5, 0.6) is 0 Å². The van der Waals surface area contributed by atoms with Gasteiger partial charge in [-0.05, 0) is 13.8 Å². The molecule has 0 amide bonds. The molecule has 0 radical (unpaired) electrons. The van der Waals surface area contributed by atoms with Gasteiger partial charge in [-0.15, -0.1) is 0 Å². The smallest absolute Gasteiger partial charge is 0.310 e. The van der Waals surface area contributed by atoms with Crippen LogP contribution in [0.2, 0.25) is 0 Å². The summed E-state index contributed by atoms with van der Waals surface area (Å²) in [5.74, 6) is 1.11. The second-order valence-corrected chi connectivity index (χ2v) is 7.75. The van der Waals surface area contributed by atoms with Gasteiger partial charge in [0.05, 0.1) is 12.0 Å². The molecule has 1 aliphatic rings. The van der Waals surface area contributed by atoms with Gasteiger partial charge in [0.15, 0.2) is 0 Å². The molecule has 1 aliphatic heterocycles. The molecule has 5 heteroatoms. The number of hydrogen-bond acceptors (Lipinski definition) is 5. The van der Waals surface area contributed by atoms with Crippen molar-refractivity contribution in [1.29, 1.82) is 0 Å². The molecule has 1 heterocycles. The van der Waals surface area contributed by atoms with Crippen LogP contribution in [0, 0.1) is 11.3 Å². The lowest BCUT2D eigenvalue weighted by Crippen LogP contribution is -2.34. The first-order chi connectivity index (χ1) is 7.83. The van der Waals surface area contributed by atoms with Gasteiger partial charge in [-0.1, -0.05) is 35.4 Å². The molecule has 0 N–H and O–H groups in total. The molecule has 0 bridgehead atoms. The van der Waals surface area contributed by atoms with E-state index in [1.54, 1.807) is 21.6 Å². The molecule has 0 spiro atoms. The molecule has 1 atom stereocenters. The molecule has 0 aliphatic carbocycles. The molecule has 98 valence electrons. The number of carbonyl (C=O) groups is 2. The van der Waals surface area contributed by atoms with Crippen molar-refractivity contribution in [2.24, 2.45) is 11.3 Å². The third-order valence-electron chi connectivity index (χ3n) is 2.64. The molecule has 1 unspecified atom stereocenters. The normalized spacial score (nSPS) is 25.2. The minimum Gasteiger partial charge on any atom is -0.463 e. The second-order valence-electron chi connectivity index (χ2n) is 5.24. The van der Waals surface area contributed by atoms with Crippen molar-refractivity contribution < 1.29 is 14.3 Å². The molecule has 0 aromatic carbocycles. The highest BCUT2D eigenvalue weighted by Gasteiger charge is 2.34. The number of Topliss-reactive ketones (excluding diaryl/α,β-unsaturated/α-hetero) is 1. The number of ether oxygens (including phenoxy) is 1. The lowest BCUT2D eigenvalue weighted by Gasteiger charge is -2.27. The topological polar surface area (TPSA) is 43.4 Å². The molecular formula is C12H20O3S2. The molecule has 0 aromatic rings. The van der Waals surface area contributed by atoms with E-state index in [0.29, 0.717) is 12.2 Å². The predicted octanol–water partition coefficient (Wildman–Crippen LogP) is 2.93. The highest BCUT2D eigenvalue weighted by atomic mass is 33.1. The third kappa shape index (κ3) is 4.54. The molecule has 0 aromatic heterocycles. The van der Waals surface area contributed by atoms with Crippen molar-refractivity contribution in [1.82, 2.24) is 0 Å². The van der Waals surface area contributed by atoms with Crippen LogP contribution < -0.4 is 0 Å². The first-order valence-corrected chi connectivity index (χ1v) is 8.30. The summed E-state index contributed by atoms with van der Waals surface area (Å²) in [4.78, 5) is 23.9. The van der Waals surface area contributed by atoms with E-state index in [2.05, 4.69) is 0 Å². The minimum atomic E-state index is -0.339. The van der Waals surface area contributed by atoms with Crippen molar-refractivity contribution in [2.75, 3.05) is 11.5 Å². The first kappa shape index (κ1) is 14.9. The second kappa shape index (κ2) is 6.14. The maximum absolute atomic E-state index is 12.1. The average Bonchev–Trinajstić information content (AvgIpc) is 2.19. The molecule has 0 saturated carbocycles. The van der Waals surface area contributed by atoms with Gasteiger partial charge in [-0.2, -0.15) is 0 Å². The van der Waals surface area contributed by atoms with E-state index >= 15 is 0 Å². The Bertz CT molecular complexity index is 300. The summed E-state index contributed by atoms with van der Waals surface area (Å²) >= 11 is 0.